The summed E-state index contributed by atoms with van der Waals surface area (Å²) < 4.78 is 5.46. The quantitative estimate of drug-likeness (QED) is 0.830. The van der Waals surface area contributed by atoms with E-state index in [1.807, 2.05) is 32.5 Å². The third kappa shape index (κ3) is 4.32. The zero-order valence-electron chi connectivity index (χ0n) is 13.9. The maximum Gasteiger partial charge on any atom is 0.410 e. The number of nitrogen functional groups attached to an aromatic ring is 1. The van der Waals surface area contributed by atoms with Gasteiger partial charge in [-0.2, -0.15) is 11.8 Å². The van der Waals surface area contributed by atoms with Gasteiger partial charge in [-0.1, -0.05) is 6.92 Å². The number of hydrogen-bond donors (Lipinski definition) is 1. The number of nitrogens with zero attached hydrogens (tertiary/aromatic N) is 1. The monoisotopic (exact) mass is 342 g/mol. The van der Waals surface area contributed by atoms with E-state index in [0.29, 0.717) is 13.1 Å². The smallest absolute Gasteiger partial charge is 0.410 e. The largest absolute Gasteiger partial charge is 0.444 e. The van der Waals surface area contributed by atoms with E-state index in [2.05, 4.69) is 6.92 Å². The number of hydrogen-bond acceptors (Lipinski definition) is 5. The number of nitrogens with two attached hydrogens (primary N) is 1. The Labute approximate surface area is 141 Å². The molecule has 2 N–H and O–H groups in total. The van der Waals surface area contributed by atoms with Crippen LogP contribution in [0.4, 0.5) is 9.80 Å². The van der Waals surface area contributed by atoms with Gasteiger partial charge in [0.15, 0.2) is 0 Å². The highest BCUT2D eigenvalue weighted by molar-refractivity contribution is 7.98. The highest BCUT2D eigenvalue weighted by atomic mass is 32.2. The lowest BCUT2D eigenvalue weighted by Gasteiger charge is -2.30. The normalized spacial score (nSPS) is 14.8. The number of thiophene rings is 1. The fourth-order valence-corrected chi connectivity index (χ4v) is 4.66. The number of carbonyl (C=O) groups is 1. The third-order valence-corrected chi connectivity index (χ3v) is 5.72. The van der Waals surface area contributed by atoms with Crippen molar-refractivity contribution in [3.05, 3.63) is 16.0 Å². The molecule has 0 saturated heterocycles. The number of anilines is 1. The summed E-state index contributed by atoms with van der Waals surface area (Å²) in [4.78, 5) is 15.2. The Balaban J connectivity index is 2.05. The predicted molar refractivity (Wildman–Crippen MR) is 95.5 cm³/mol. The summed E-state index contributed by atoms with van der Waals surface area (Å²) in [6, 6.07) is 0. The van der Waals surface area contributed by atoms with Gasteiger partial charge in [0, 0.05) is 17.2 Å². The van der Waals surface area contributed by atoms with E-state index in [0.717, 1.165) is 22.9 Å². The minimum Gasteiger partial charge on any atom is -0.444 e. The lowest BCUT2D eigenvalue weighted by atomic mass is 10.0. The molecule has 1 amide bonds. The van der Waals surface area contributed by atoms with E-state index in [4.69, 9.17) is 10.5 Å². The van der Waals surface area contributed by atoms with E-state index in [-0.39, 0.29) is 6.09 Å². The van der Waals surface area contributed by atoms with Crippen LogP contribution in [-0.2, 0) is 23.5 Å². The zero-order valence-corrected chi connectivity index (χ0v) is 15.5. The first-order valence-corrected chi connectivity index (χ1v) is 9.73. The summed E-state index contributed by atoms with van der Waals surface area (Å²) in [5.41, 5.74) is 8.41. The Hall–Kier alpha value is -0.880. The van der Waals surface area contributed by atoms with Crippen molar-refractivity contribution < 1.29 is 9.53 Å². The van der Waals surface area contributed by atoms with Gasteiger partial charge >= 0.3 is 6.09 Å². The van der Waals surface area contributed by atoms with Gasteiger partial charge in [0.2, 0.25) is 0 Å². The van der Waals surface area contributed by atoms with Gasteiger partial charge in [-0.25, -0.2) is 4.79 Å². The molecule has 0 aliphatic carbocycles. The second-order valence-electron chi connectivity index (χ2n) is 6.55. The molecule has 22 heavy (non-hydrogen) atoms. The molecule has 1 aliphatic heterocycles. The van der Waals surface area contributed by atoms with Crippen molar-refractivity contribution in [2.75, 3.05) is 18.0 Å². The van der Waals surface area contributed by atoms with Crippen molar-refractivity contribution in [1.29, 1.82) is 0 Å². The second kappa shape index (κ2) is 7.13. The third-order valence-electron chi connectivity index (χ3n) is 3.44. The molecule has 0 bridgehead atoms. The Bertz CT molecular complexity index is 535. The molecule has 0 aromatic carbocycles. The van der Waals surface area contributed by atoms with Gasteiger partial charge in [0.25, 0.3) is 0 Å². The first kappa shape index (κ1) is 17.5. The van der Waals surface area contributed by atoms with Crippen LogP contribution >= 0.6 is 23.1 Å². The van der Waals surface area contributed by atoms with Crippen LogP contribution < -0.4 is 5.73 Å². The fraction of sp³-hybridized carbons (Fsp3) is 0.688. The molecule has 2 heterocycles. The van der Waals surface area contributed by atoms with E-state index < -0.39 is 5.60 Å². The van der Waals surface area contributed by atoms with Crippen LogP contribution in [0.2, 0.25) is 0 Å². The Morgan fingerprint density at radius 2 is 2.18 bits per heavy atom. The Morgan fingerprint density at radius 1 is 1.45 bits per heavy atom. The van der Waals surface area contributed by atoms with Crippen LogP contribution in [0.5, 0.6) is 0 Å². The topological polar surface area (TPSA) is 55.6 Å². The summed E-state index contributed by atoms with van der Waals surface area (Å²) in [7, 11) is 0. The van der Waals surface area contributed by atoms with Gasteiger partial charge in [-0.05, 0) is 50.5 Å². The Kier molecular flexibility index (Phi) is 5.66. The van der Waals surface area contributed by atoms with E-state index in [9.17, 15) is 4.79 Å². The predicted octanol–water partition coefficient (Wildman–Crippen LogP) is 4.27. The number of ether oxygens (including phenoxy) is 1. The molecule has 0 unspecified atom stereocenters. The number of rotatable bonds is 4. The SMILES string of the molecule is CCCSCc1c(N)sc2c1CCN(C(=O)OC(C)(C)C)C2. The van der Waals surface area contributed by atoms with Crippen LogP contribution in [0.25, 0.3) is 0 Å². The minimum absolute atomic E-state index is 0.230. The molecule has 0 atom stereocenters. The van der Waals surface area contributed by atoms with Crippen LogP contribution in [0.15, 0.2) is 0 Å². The van der Waals surface area contributed by atoms with Crippen molar-refractivity contribution in [2.45, 2.75) is 58.4 Å². The van der Waals surface area contributed by atoms with Gasteiger partial charge in [0.05, 0.1) is 11.5 Å². The summed E-state index contributed by atoms with van der Waals surface area (Å²) >= 11 is 3.56. The number of carbonyl (C=O) groups excluding carboxylic acids is 1. The summed E-state index contributed by atoms with van der Waals surface area (Å²) in [6.07, 6.45) is 1.83. The molecule has 6 heteroatoms. The van der Waals surface area contributed by atoms with E-state index >= 15 is 0 Å². The highest BCUT2D eigenvalue weighted by Gasteiger charge is 2.28. The molecule has 2 rings (SSSR count). The average Bonchev–Trinajstić information content (AvgIpc) is 2.72. The summed E-state index contributed by atoms with van der Waals surface area (Å²) in [5.74, 6) is 2.14. The molecule has 1 aliphatic rings. The van der Waals surface area contributed by atoms with E-state index in [1.165, 1.54) is 22.4 Å². The number of amides is 1. The summed E-state index contributed by atoms with van der Waals surface area (Å²) in [5, 5.41) is 0.916. The molecule has 1 aromatic rings. The number of thioether (sulfide) groups is 1. The van der Waals surface area contributed by atoms with Crippen molar-refractivity contribution in [1.82, 2.24) is 4.90 Å². The minimum atomic E-state index is -0.451. The highest BCUT2D eigenvalue weighted by Crippen LogP contribution is 2.37. The molecule has 124 valence electrons. The average molecular weight is 343 g/mol. The fourth-order valence-electron chi connectivity index (χ4n) is 2.45. The molecule has 0 fully saturated rings. The zero-order chi connectivity index (χ0) is 16.3. The second-order valence-corrected chi connectivity index (χ2v) is 8.79. The molecule has 0 radical (unpaired) electrons. The lowest BCUT2D eigenvalue weighted by Crippen LogP contribution is -2.39. The van der Waals surface area contributed by atoms with Gasteiger partial charge < -0.3 is 15.4 Å². The maximum atomic E-state index is 12.2. The van der Waals surface area contributed by atoms with Gasteiger partial charge in [-0.15, -0.1) is 11.3 Å². The first-order chi connectivity index (χ1) is 10.3. The van der Waals surface area contributed by atoms with Crippen LogP contribution in [0.1, 0.15) is 50.1 Å². The van der Waals surface area contributed by atoms with Crippen molar-refractivity contribution in [3.63, 3.8) is 0 Å². The van der Waals surface area contributed by atoms with Crippen LogP contribution in [0.3, 0.4) is 0 Å². The molecular weight excluding hydrogens is 316 g/mol. The summed E-state index contributed by atoms with van der Waals surface area (Å²) in [6.45, 7) is 9.21. The standard InChI is InChI=1S/C16H26N2O2S2/c1-5-8-21-10-12-11-6-7-18(9-13(11)22-14(12)17)15(19)20-16(2,3)4/h5-10,17H2,1-4H3. The van der Waals surface area contributed by atoms with E-state index in [1.54, 1.807) is 16.2 Å². The molecule has 1 aromatic heterocycles. The molecule has 4 nitrogen and oxygen atoms in total. The van der Waals surface area contributed by atoms with Gasteiger partial charge in [0.1, 0.15) is 5.60 Å². The van der Waals surface area contributed by atoms with Crippen molar-refractivity contribution in [3.8, 4) is 0 Å². The van der Waals surface area contributed by atoms with Gasteiger partial charge in [-0.3, -0.25) is 0 Å². The van der Waals surface area contributed by atoms with Crippen molar-refractivity contribution >= 4 is 34.2 Å². The maximum absolute atomic E-state index is 12.2. The molecular formula is C16H26N2O2S2. The lowest BCUT2D eigenvalue weighted by molar-refractivity contribution is 0.0226. The number of fused-ring (bicyclic) bond motifs is 1. The van der Waals surface area contributed by atoms with Crippen LogP contribution in [0, 0.1) is 0 Å². The molecule has 0 spiro atoms. The van der Waals surface area contributed by atoms with Crippen LogP contribution in [-0.4, -0.2) is 28.9 Å². The first-order valence-electron chi connectivity index (χ1n) is 7.76. The van der Waals surface area contributed by atoms with Crippen molar-refractivity contribution in [2.24, 2.45) is 0 Å². The Morgan fingerprint density at radius 3 is 2.82 bits per heavy atom. The molecule has 0 saturated carbocycles.